The topological polar surface area (TPSA) is 69.2 Å². The van der Waals surface area contributed by atoms with E-state index in [-0.39, 0.29) is 6.61 Å². The van der Waals surface area contributed by atoms with Gasteiger partial charge in [-0.2, -0.15) is 5.10 Å². The molecular weight excluding hydrogens is 460 g/mol. The minimum absolute atomic E-state index is 0.118. The molecule has 156 valence electrons. The number of carbonyl (C=O) groups excluding carboxylic acids is 1. The number of hydrogen-bond acceptors (Lipinski definition) is 5. The maximum Gasteiger partial charge on any atom is 0.323 e. The highest BCUT2D eigenvalue weighted by atomic mass is 79.9. The molecule has 0 saturated carbocycles. The standard InChI is InChI=1S/C24H19BrN2O4/c1-2-15-29-22-14-13-19(25)16-18(22)17-26-27-23(28)24(30-20-9-5-3-6-10-20)31-21-11-7-4-8-12-21/h1,3-14,16-17,24H,15H2,(H,27,28)/b26-17-. The van der Waals surface area contributed by atoms with Gasteiger partial charge in [0.05, 0.1) is 6.21 Å². The van der Waals surface area contributed by atoms with Crippen LogP contribution in [0.25, 0.3) is 0 Å². The smallest absolute Gasteiger partial charge is 0.323 e. The SMILES string of the molecule is C#CCOc1ccc(Br)cc1/C=N\NC(=O)C(Oc1ccccc1)Oc1ccccc1. The molecule has 6 nitrogen and oxygen atoms in total. The highest BCUT2D eigenvalue weighted by Gasteiger charge is 2.22. The van der Waals surface area contributed by atoms with Crippen LogP contribution >= 0.6 is 15.9 Å². The van der Waals surface area contributed by atoms with Gasteiger partial charge in [-0.3, -0.25) is 4.79 Å². The number of benzene rings is 3. The zero-order chi connectivity index (χ0) is 21.9. The number of rotatable bonds is 9. The Hall–Kier alpha value is -3.76. The molecule has 0 saturated heterocycles. The van der Waals surface area contributed by atoms with Crippen molar-refractivity contribution in [2.75, 3.05) is 6.61 Å². The minimum atomic E-state index is -1.25. The van der Waals surface area contributed by atoms with Crippen molar-refractivity contribution < 1.29 is 19.0 Å². The van der Waals surface area contributed by atoms with E-state index in [0.717, 1.165) is 4.47 Å². The highest BCUT2D eigenvalue weighted by molar-refractivity contribution is 9.10. The molecule has 0 aliphatic heterocycles. The van der Waals surface area contributed by atoms with E-state index in [1.165, 1.54) is 6.21 Å². The Kier molecular flexibility index (Phi) is 8.09. The molecule has 1 amide bonds. The van der Waals surface area contributed by atoms with Crippen LogP contribution in [0.4, 0.5) is 0 Å². The number of nitrogens with zero attached hydrogens (tertiary/aromatic N) is 1. The van der Waals surface area contributed by atoms with Gasteiger partial charge in [-0.25, -0.2) is 5.43 Å². The largest absolute Gasteiger partial charge is 0.480 e. The number of carbonyl (C=O) groups is 1. The summed E-state index contributed by atoms with van der Waals surface area (Å²) in [5, 5.41) is 4.02. The Bertz CT molecular complexity index is 1020. The monoisotopic (exact) mass is 478 g/mol. The lowest BCUT2D eigenvalue weighted by Crippen LogP contribution is -2.40. The number of amides is 1. The molecule has 0 atom stereocenters. The van der Waals surface area contributed by atoms with Crippen molar-refractivity contribution in [1.29, 1.82) is 0 Å². The molecule has 3 rings (SSSR count). The van der Waals surface area contributed by atoms with Crippen LogP contribution in [0.2, 0.25) is 0 Å². The lowest BCUT2D eigenvalue weighted by molar-refractivity contribution is -0.140. The van der Waals surface area contributed by atoms with Crippen LogP contribution in [0.5, 0.6) is 17.2 Å². The second kappa shape index (κ2) is 11.4. The van der Waals surface area contributed by atoms with E-state index in [2.05, 4.69) is 32.4 Å². The second-order valence-corrected chi connectivity index (χ2v) is 7.02. The van der Waals surface area contributed by atoms with Crippen LogP contribution in [0.3, 0.4) is 0 Å². The van der Waals surface area contributed by atoms with E-state index in [0.29, 0.717) is 22.8 Å². The minimum Gasteiger partial charge on any atom is -0.480 e. The van der Waals surface area contributed by atoms with Crippen molar-refractivity contribution in [3.05, 3.63) is 88.9 Å². The van der Waals surface area contributed by atoms with Gasteiger partial charge in [-0.1, -0.05) is 58.2 Å². The van der Waals surface area contributed by atoms with Crippen molar-refractivity contribution in [2.24, 2.45) is 5.10 Å². The number of nitrogens with one attached hydrogen (secondary N) is 1. The van der Waals surface area contributed by atoms with Gasteiger partial charge in [-0.05, 0) is 42.5 Å². The van der Waals surface area contributed by atoms with Gasteiger partial charge in [0.2, 0.25) is 0 Å². The third-order valence-electron chi connectivity index (χ3n) is 3.85. The molecule has 3 aromatic rings. The summed E-state index contributed by atoms with van der Waals surface area (Å²) >= 11 is 3.40. The Morgan fingerprint density at radius 3 is 2.23 bits per heavy atom. The molecule has 0 fully saturated rings. The molecule has 0 bridgehead atoms. The van der Waals surface area contributed by atoms with Crippen molar-refractivity contribution >= 4 is 28.1 Å². The lowest BCUT2D eigenvalue weighted by atomic mass is 10.2. The summed E-state index contributed by atoms with van der Waals surface area (Å²) in [4.78, 5) is 12.7. The molecule has 0 aliphatic carbocycles. The molecule has 1 N–H and O–H groups in total. The third kappa shape index (κ3) is 6.91. The number of hydrogen-bond donors (Lipinski definition) is 1. The van der Waals surface area contributed by atoms with Crippen LogP contribution in [0.1, 0.15) is 5.56 Å². The van der Waals surface area contributed by atoms with Crippen LogP contribution < -0.4 is 19.6 Å². The van der Waals surface area contributed by atoms with Crippen LogP contribution in [0.15, 0.2) is 88.4 Å². The van der Waals surface area contributed by atoms with Crippen LogP contribution in [0, 0.1) is 12.3 Å². The molecular formula is C24H19BrN2O4. The molecule has 31 heavy (non-hydrogen) atoms. The molecule has 0 radical (unpaired) electrons. The highest BCUT2D eigenvalue weighted by Crippen LogP contribution is 2.22. The first-order valence-corrected chi connectivity index (χ1v) is 10.1. The number of terminal acetylenes is 1. The number of halogens is 1. The van der Waals surface area contributed by atoms with Crippen molar-refractivity contribution in [3.63, 3.8) is 0 Å². The van der Waals surface area contributed by atoms with Crippen LogP contribution in [-0.2, 0) is 4.79 Å². The summed E-state index contributed by atoms with van der Waals surface area (Å²) in [6.45, 7) is 0.118. The second-order valence-electron chi connectivity index (χ2n) is 6.10. The molecule has 0 spiro atoms. The van der Waals surface area contributed by atoms with Gasteiger partial charge in [0.15, 0.2) is 0 Å². The van der Waals surface area contributed by atoms with Gasteiger partial charge < -0.3 is 14.2 Å². The van der Waals surface area contributed by atoms with E-state index >= 15 is 0 Å². The number of para-hydroxylation sites is 2. The van der Waals surface area contributed by atoms with Crippen molar-refractivity contribution in [1.82, 2.24) is 5.43 Å². The van der Waals surface area contributed by atoms with Gasteiger partial charge in [-0.15, -0.1) is 6.42 Å². The van der Waals surface area contributed by atoms with Crippen molar-refractivity contribution in [2.45, 2.75) is 6.29 Å². The third-order valence-corrected chi connectivity index (χ3v) is 4.34. The Labute approximate surface area is 189 Å². The van der Waals surface area contributed by atoms with Crippen LogP contribution in [-0.4, -0.2) is 25.0 Å². The predicted molar refractivity (Wildman–Crippen MR) is 122 cm³/mol. The summed E-state index contributed by atoms with van der Waals surface area (Å²) in [5.74, 6) is 3.34. The first-order valence-electron chi connectivity index (χ1n) is 9.28. The quantitative estimate of drug-likeness (QED) is 0.214. The number of hydrazone groups is 1. The lowest BCUT2D eigenvalue weighted by Gasteiger charge is -2.18. The van der Waals surface area contributed by atoms with E-state index in [1.807, 2.05) is 18.2 Å². The average Bonchev–Trinajstić information content (AvgIpc) is 2.79. The van der Waals surface area contributed by atoms with Gasteiger partial charge in [0.1, 0.15) is 23.9 Å². The zero-order valence-corrected chi connectivity index (χ0v) is 18.0. The fourth-order valence-electron chi connectivity index (χ4n) is 2.47. The molecule has 7 heteroatoms. The maximum atomic E-state index is 12.7. The Morgan fingerprint density at radius 1 is 1.03 bits per heavy atom. The number of ether oxygens (including phenoxy) is 3. The fourth-order valence-corrected chi connectivity index (χ4v) is 2.84. The van der Waals surface area contributed by atoms with E-state index in [9.17, 15) is 4.79 Å². The summed E-state index contributed by atoms with van der Waals surface area (Å²) < 4.78 is 17.8. The first-order chi connectivity index (χ1) is 15.2. The Morgan fingerprint density at radius 2 is 1.65 bits per heavy atom. The van der Waals surface area contributed by atoms with Crippen molar-refractivity contribution in [3.8, 4) is 29.6 Å². The molecule has 0 heterocycles. The average molecular weight is 479 g/mol. The van der Waals surface area contributed by atoms with Gasteiger partial charge >= 0.3 is 12.2 Å². The van der Waals surface area contributed by atoms with E-state index < -0.39 is 12.2 Å². The Balaban J connectivity index is 1.73. The molecule has 0 aliphatic rings. The summed E-state index contributed by atoms with van der Waals surface area (Å²) in [6.07, 6.45) is 5.46. The van der Waals surface area contributed by atoms with Gasteiger partial charge in [0, 0.05) is 10.0 Å². The maximum absolute atomic E-state index is 12.7. The summed E-state index contributed by atoms with van der Waals surface area (Å²) in [7, 11) is 0. The molecule has 3 aromatic carbocycles. The zero-order valence-electron chi connectivity index (χ0n) is 16.4. The predicted octanol–water partition coefficient (Wildman–Crippen LogP) is 4.40. The molecule has 0 aromatic heterocycles. The summed E-state index contributed by atoms with van der Waals surface area (Å²) in [5.41, 5.74) is 3.08. The molecule has 0 unspecified atom stereocenters. The van der Waals surface area contributed by atoms with E-state index in [4.69, 9.17) is 20.6 Å². The van der Waals surface area contributed by atoms with Gasteiger partial charge in [0.25, 0.3) is 0 Å². The summed E-state index contributed by atoms with van der Waals surface area (Å²) in [6, 6.07) is 23.2. The first kappa shape index (κ1) is 21.9. The van der Waals surface area contributed by atoms with E-state index in [1.54, 1.807) is 60.7 Å². The normalized spacial score (nSPS) is 10.5. The fraction of sp³-hybridized carbons (Fsp3) is 0.0833.